The van der Waals surface area contributed by atoms with Crippen molar-refractivity contribution in [2.24, 2.45) is 0 Å². The summed E-state index contributed by atoms with van der Waals surface area (Å²) in [5.74, 6) is -0.668. The molecule has 1 aliphatic carbocycles. The molecule has 1 unspecified atom stereocenters. The van der Waals surface area contributed by atoms with E-state index in [4.69, 9.17) is 14.1 Å². The third-order valence-electron chi connectivity index (χ3n) is 6.96. The van der Waals surface area contributed by atoms with Gasteiger partial charge in [0.25, 0.3) is 5.91 Å². The number of furan rings is 1. The molecule has 9 nitrogen and oxygen atoms in total. The van der Waals surface area contributed by atoms with Gasteiger partial charge in [-0.2, -0.15) is 0 Å². The van der Waals surface area contributed by atoms with E-state index in [9.17, 15) is 19.8 Å². The third-order valence-corrected chi connectivity index (χ3v) is 6.96. The summed E-state index contributed by atoms with van der Waals surface area (Å²) in [6, 6.07) is 10.9. The van der Waals surface area contributed by atoms with E-state index in [1.165, 1.54) is 32.4 Å². The summed E-state index contributed by atoms with van der Waals surface area (Å²) in [6.07, 6.45) is 9.02. The lowest BCUT2D eigenvalue weighted by molar-refractivity contribution is -0.139. The molecule has 5 rings (SSSR count). The van der Waals surface area contributed by atoms with Crippen molar-refractivity contribution >= 4 is 22.9 Å². The Morgan fingerprint density at radius 1 is 1.16 bits per heavy atom. The van der Waals surface area contributed by atoms with Crippen LogP contribution in [0.3, 0.4) is 0 Å². The number of hydrogen-bond acceptors (Lipinski definition) is 6. The summed E-state index contributed by atoms with van der Waals surface area (Å²) >= 11 is 0. The van der Waals surface area contributed by atoms with Crippen LogP contribution in [0.1, 0.15) is 54.1 Å². The van der Waals surface area contributed by atoms with E-state index in [0.29, 0.717) is 22.7 Å². The fraction of sp³-hybridized carbons (Fsp3) is 0.321. The van der Waals surface area contributed by atoms with Gasteiger partial charge < -0.3 is 29.3 Å². The molecule has 1 amide bonds. The Kier molecular flexibility index (Phi) is 6.85. The molecular formula is C28H29N3O6. The van der Waals surface area contributed by atoms with Crippen LogP contribution in [0.15, 0.2) is 59.4 Å². The number of methoxy groups -OCH3 is 1. The van der Waals surface area contributed by atoms with Gasteiger partial charge in [0.15, 0.2) is 11.5 Å². The number of aromatic nitrogens is 2. The zero-order valence-electron chi connectivity index (χ0n) is 20.5. The minimum Gasteiger partial charge on any atom is -0.504 e. The molecule has 1 saturated carbocycles. The van der Waals surface area contributed by atoms with Gasteiger partial charge in [0.1, 0.15) is 18.1 Å². The molecule has 0 spiro atoms. The average molecular weight is 504 g/mol. The molecule has 0 saturated heterocycles. The molecule has 2 aromatic carbocycles. The Hall–Kier alpha value is -4.27. The Labute approximate surface area is 213 Å². The van der Waals surface area contributed by atoms with Crippen molar-refractivity contribution < 1.29 is 29.0 Å². The second kappa shape index (κ2) is 10.4. The second-order valence-electron chi connectivity index (χ2n) is 9.39. The summed E-state index contributed by atoms with van der Waals surface area (Å²) in [5, 5.41) is 22.2. The van der Waals surface area contributed by atoms with Crippen LogP contribution in [-0.2, 0) is 11.2 Å². The number of nitrogens with one attached hydrogen (secondary N) is 1. The first-order valence-electron chi connectivity index (χ1n) is 12.4. The van der Waals surface area contributed by atoms with Crippen LogP contribution in [0.25, 0.3) is 22.4 Å². The van der Waals surface area contributed by atoms with Gasteiger partial charge in [-0.1, -0.05) is 25.3 Å². The van der Waals surface area contributed by atoms with Crippen LogP contribution in [0.2, 0.25) is 0 Å². The highest BCUT2D eigenvalue weighted by Crippen LogP contribution is 2.36. The van der Waals surface area contributed by atoms with Crippen LogP contribution in [0, 0.1) is 0 Å². The minimum absolute atomic E-state index is 0.0287. The van der Waals surface area contributed by atoms with Gasteiger partial charge in [-0.25, -0.2) is 9.78 Å². The van der Waals surface area contributed by atoms with Gasteiger partial charge in [-0.05, 0) is 54.8 Å². The first-order chi connectivity index (χ1) is 17.9. The summed E-state index contributed by atoms with van der Waals surface area (Å²) in [6.45, 7) is 0. The monoisotopic (exact) mass is 503 g/mol. The number of carboxylic acids is 1. The van der Waals surface area contributed by atoms with E-state index in [-0.39, 0.29) is 17.9 Å². The normalized spacial score (nSPS) is 14.9. The number of carbonyl (C=O) groups excluding carboxylic acids is 1. The van der Waals surface area contributed by atoms with E-state index < -0.39 is 17.9 Å². The Bertz CT molecular complexity index is 1420. The molecule has 37 heavy (non-hydrogen) atoms. The number of fused-ring (bicyclic) bond motifs is 1. The van der Waals surface area contributed by atoms with Crippen molar-refractivity contribution in [3.8, 4) is 22.9 Å². The zero-order chi connectivity index (χ0) is 25.9. The van der Waals surface area contributed by atoms with Crippen LogP contribution < -0.4 is 10.1 Å². The number of phenolic OH excluding ortho intramolecular Hbond substituents is 1. The van der Waals surface area contributed by atoms with Crippen LogP contribution >= 0.6 is 0 Å². The highest BCUT2D eigenvalue weighted by atomic mass is 16.5. The van der Waals surface area contributed by atoms with Gasteiger partial charge in [-0.15, -0.1) is 0 Å². The summed E-state index contributed by atoms with van der Waals surface area (Å²) in [4.78, 5) is 29.9. The number of carboxylic acid groups (broad SMARTS) is 1. The maximum atomic E-state index is 13.1. The lowest BCUT2D eigenvalue weighted by Gasteiger charge is -2.25. The fourth-order valence-corrected chi connectivity index (χ4v) is 5.07. The number of imidazole rings is 1. The van der Waals surface area contributed by atoms with E-state index in [1.54, 1.807) is 36.8 Å². The van der Waals surface area contributed by atoms with Crippen molar-refractivity contribution in [1.82, 2.24) is 14.9 Å². The number of aromatic hydroxyl groups is 1. The number of aliphatic carboxylic acids is 1. The van der Waals surface area contributed by atoms with E-state index in [1.807, 2.05) is 12.1 Å². The topological polar surface area (TPSA) is 127 Å². The highest BCUT2D eigenvalue weighted by Gasteiger charge is 2.25. The standard InChI is InChI=1S/C28H29N3O6/c1-36-25-14-17(7-10-24(25)32)13-22(28(34)35)30-27(33)18-8-9-23-21(15-18)29-26(19-11-12-37-16-19)31(23)20-5-3-2-4-6-20/h7-12,14-16,20,22,32H,2-6,13H2,1H3,(H,30,33)(H,34,35). The van der Waals surface area contributed by atoms with Gasteiger partial charge in [0.05, 0.1) is 30.0 Å². The van der Waals surface area contributed by atoms with Crippen molar-refractivity contribution in [2.75, 3.05) is 7.11 Å². The smallest absolute Gasteiger partial charge is 0.326 e. The van der Waals surface area contributed by atoms with E-state index in [0.717, 1.165) is 29.7 Å². The second-order valence-corrected chi connectivity index (χ2v) is 9.39. The number of hydrogen-bond donors (Lipinski definition) is 3. The molecule has 0 bridgehead atoms. The van der Waals surface area contributed by atoms with Crippen LogP contribution in [0.5, 0.6) is 11.5 Å². The number of nitrogens with zero attached hydrogens (tertiary/aromatic N) is 2. The lowest BCUT2D eigenvalue weighted by atomic mass is 9.95. The largest absolute Gasteiger partial charge is 0.504 e. The molecule has 1 aliphatic rings. The van der Waals surface area contributed by atoms with Crippen LogP contribution in [0.4, 0.5) is 0 Å². The first kappa shape index (κ1) is 24.4. The van der Waals surface area contributed by atoms with Gasteiger partial charge in [0.2, 0.25) is 0 Å². The number of rotatable bonds is 8. The van der Waals surface area contributed by atoms with Gasteiger partial charge in [0, 0.05) is 18.0 Å². The van der Waals surface area contributed by atoms with E-state index >= 15 is 0 Å². The van der Waals surface area contributed by atoms with Crippen molar-refractivity contribution in [3.63, 3.8) is 0 Å². The molecule has 3 N–H and O–H groups in total. The predicted octanol–water partition coefficient (Wildman–Crippen LogP) is 4.94. The first-order valence-corrected chi connectivity index (χ1v) is 12.4. The lowest BCUT2D eigenvalue weighted by Crippen LogP contribution is -2.42. The average Bonchev–Trinajstić information content (AvgIpc) is 3.57. The molecule has 9 heteroatoms. The third kappa shape index (κ3) is 5.02. The number of benzene rings is 2. The van der Waals surface area contributed by atoms with Gasteiger partial charge >= 0.3 is 5.97 Å². The Morgan fingerprint density at radius 2 is 1.97 bits per heavy atom. The highest BCUT2D eigenvalue weighted by molar-refractivity contribution is 5.99. The maximum absolute atomic E-state index is 13.1. The summed E-state index contributed by atoms with van der Waals surface area (Å²) in [5.41, 5.74) is 3.42. The molecule has 1 atom stereocenters. The number of ether oxygens (including phenoxy) is 1. The summed E-state index contributed by atoms with van der Waals surface area (Å²) in [7, 11) is 1.42. The van der Waals surface area contributed by atoms with Crippen molar-refractivity contribution in [2.45, 2.75) is 50.6 Å². The molecule has 2 aromatic heterocycles. The molecule has 0 aliphatic heterocycles. The Balaban J connectivity index is 1.42. The molecule has 0 radical (unpaired) electrons. The molecule has 2 heterocycles. The predicted molar refractivity (Wildman–Crippen MR) is 137 cm³/mol. The fourth-order valence-electron chi connectivity index (χ4n) is 5.07. The number of carbonyl (C=O) groups is 2. The van der Waals surface area contributed by atoms with Gasteiger partial charge in [-0.3, -0.25) is 4.79 Å². The van der Waals surface area contributed by atoms with Crippen LogP contribution in [-0.4, -0.2) is 44.8 Å². The minimum atomic E-state index is -1.17. The van der Waals surface area contributed by atoms with E-state index in [2.05, 4.69) is 9.88 Å². The molecule has 4 aromatic rings. The number of phenols is 1. The molecule has 1 fully saturated rings. The van der Waals surface area contributed by atoms with Crippen molar-refractivity contribution in [3.05, 3.63) is 66.1 Å². The SMILES string of the molecule is COc1cc(CC(NC(=O)c2ccc3c(c2)nc(-c2ccoc2)n3C2CCCCC2)C(=O)O)ccc1O. The van der Waals surface area contributed by atoms with Crippen molar-refractivity contribution in [1.29, 1.82) is 0 Å². The summed E-state index contributed by atoms with van der Waals surface area (Å²) < 4.78 is 12.7. The maximum Gasteiger partial charge on any atom is 0.326 e. The molecular weight excluding hydrogens is 474 g/mol. The quantitative estimate of drug-likeness (QED) is 0.311. The number of amides is 1. The Morgan fingerprint density at radius 3 is 2.68 bits per heavy atom. The zero-order valence-corrected chi connectivity index (χ0v) is 20.5. The molecule has 192 valence electrons.